The van der Waals surface area contributed by atoms with Gasteiger partial charge in [0.05, 0.1) is 17.7 Å². The first-order chi connectivity index (χ1) is 10.2. The first kappa shape index (κ1) is 13.6. The van der Waals surface area contributed by atoms with E-state index in [1.165, 1.54) is 5.56 Å². The van der Waals surface area contributed by atoms with Crippen LogP contribution in [-0.4, -0.2) is 17.4 Å². The summed E-state index contributed by atoms with van der Waals surface area (Å²) in [5, 5.41) is 6.39. The van der Waals surface area contributed by atoms with Gasteiger partial charge in [0.15, 0.2) is 0 Å². The van der Waals surface area contributed by atoms with Crippen molar-refractivity contribution in [3.8, 4) is 0 Å². The number of nitrogens with zero attached hydrogens (tertiary/aromatic N) is 1. The van der Waals surface area contributed by atoms with Crippen LogP contribution in [0.15, 0.2) is 48.7 Å². The second-order valence-corrected chi connectivity index (χ2v) is 5.42. The zero-order valence-electron chi connectivity index (χ0n) is 12.0. The lowest BCUT2D eigenvalue weighted by molar-refractivity contribution is -0.125. The van der Waals surface area contributed by atoms with Crippen molar-refractivity contribution < 1.29 is 4.79 Å². The van der Waals surface area contributed by atoms with E-state index in [-0.39, 0.29) is 17.9 Å². The van der Waals surface area contributed by atoms with Gasteiger partial charge in [-0.25, -0.2) is 0 Å². The summed E-state index contributed by atoms with van der Waals surface area (Å²) in [6, 6.07) is 13.8. The van der Waals surface area contributed by atoms with E-state index in [0.717, 1.165) is 17.8 Å². The summed E-state index contributed by atoms with van der Waals surface area (Å²) in [7, 11) is 0. The van der Waals surface area contributed by atoms with Gasteiger partial charge in [-0.15, -0.1) is 0 Å². The number of benzene rings is 1. The Morgan fingerprint density at radius 3 is 2.90 bits per heavy atom. The van der Waals surface area contributed by atoms with Gasteiger partial charge in [-0.05, 0) is 37.1 Å². The molecular weight excluding hydrogens is 262 g/mol. The van der Waals surface area contributed by atoms with Crippen molar-refractivity contribution in [3.63, 3.8) is 0 Å². The topological polar surface area (TPSA) is 54.0 Å². The number of fused-ring (bicyclic) bond motifs is 1. The van der Waals surface area contributed by atoms with Crippen LogP contribution >= 0.6 is 0 Å². The fourth-order valence-electron chi connectivity index (χ4n) is 2.66. The Balaban J connectivity index is 1.65. The average Bonchev–Trinajstić information content (AvgIpc) is 2.55. The van der Waals surface area contributed by atoms with E-state index in [1.54, 1.807) is 6.20 Å². The van der Waals surface area contributed by atoms with Crippen LogP contribution in [0.4, 0.5) is 5.69 Å². The highest BCUT2D eigenvalue weighted by atomic mass is 16.2. The van der Waals surface area contributed by atoms with Crippen LogP contribution in [-0.2, 0) is 11.2 Å². The average molecular weight is 281 g/mol. The fourth-order valence-corrected chi connectivity index (χ4v) is 2.66. The molecule has 1 aromatic carbocycles. The monoisotopic (exact) mass is 281 g/mol. The van der Waals surface area contributed by atoms with Crippen LogP contribution in [0, 0.1) is 5.92 Å². The Hall–Kier alpha value is -2.36. The number of amides is 1. The number of hydrogen-bond acceptors (Lipinski definition) is 3. The predicted octanol–water partition coefficient (Wildman–Crippen LogP) is 2.54. The van der Waals surface area contributed by atoms with E-state index in [4.69, 9.17) is 0 Å². The lowest BCUT2D eigenvalue weighted by atomic mass is 9.93. The molecule has 4 nitrogen and oxygen atoms in total. The molecule has 0 saturated carbocycles. The summed E-state index contributed by atoms with van der Waals surface area (Å²) < 4.78 is 0. The van der Waals surface area contributed by atoms with Crippen LogP contribution in [0.5, 0.6) is 0 Å². The molecule has 4 heteroatoms. The van der Waals surface area contributed by atoms with Crippen molar-refractivity contribution in [2.24, 2.45) is 5.92 Å². The maximum absolute atomic E-state index is 12.4. The van der Waals surface area contributed by atoms with E-state index in [2.05, 4.69) is 27.8 Å². The van der Waals surface area contributed by atoms with Crippen molar-refractivity contribution in [1.82, 2.24) is 10.3 Å². The minimum absolute atomic E-state index is 0.0361. The Kier molecular flexibility index (Phi) is 3.86. The second kappa shape index (κ2) is 5.95. The smallest absolute Gasteiger partial charge is 0.225 e. The molecule has 1 amide bonds. The van der Waals surface area contributed by atoms with Gasteiger partial charge < -0.3 is 10.6 Å². The normalized spacial score (nSPS) is 18.2. The van der Waals surface area contributed by atoms with Gasteiger partial charge in [0, 0.05) is 18.4 Å². The molecule has 2 unspecified atom stereocenters. The second-order valence-electron chi connectivity index (χ2n) is 5.42. The van der Waals surface area contributed by atoms with Crippen molar-refractivity contribution >= 4 is 11.6 Å². The first-order valence-electron chi connectivity index (χ1n) is 7.27. The fraction of sp³-hybridized carbons (Fsp3) is 0.294. The summed E-state index contributed by atoms with van der Waals surface area (Å²) in [4.78, 5) is 16.7. The summed E-state index contributed by atoms with van der Waals surface area (Å²) in [5.74, 6) is 0.0428. The number of pyridine rings is 1. The zero-order valence-corrected chi connectivity index (χ0v) is 12.0. The molecular formula is C17H19N3O. The lowest BCUT2D eigenvalue weighted by Gasteiger charge is -2.26. The molecule has 1 aromatic heterocycles. The quantitative estimate of drug-likeness (QED) is 0.909. The third-order valence-corrected chi connectivity index (χ3v) is 3.88. The lowest BCUT2D eigenvalue weighted by Crippen LogP contribution is -2.39. The van der Waals surface area contributed by atoms with Gasteiger partial charge in [0.1, 0.15) is 0 Å². The van der Waals surface area contributed by atoms with E-state index in [0.29, 0.717) is 6.54 Å². The molecule has 2 atom stereocenters. The van der Waals surface area contributed by atoms with Crippen LogP contribution in [0.2, 0.25) is 0 Å². The van der Waals surface area contributed by atoms with Gasteiger partial charge in [0.2, 0.25) is 5.91 Å². The molecule has 1 aliphatic rings. The van der Waals surface area contributed by atoms with Gasteiger partial charge in [-0.2, -0.15) is 0 Å². The highest BCUT2D eigenvalue weighted by Crippen LogP contribution is 2.24. The molecule has 2 heterocycles. The molecule has 0 bridgehead atoms. The first-order valence-corrected chi connectivity index (χ1v) is 7.27. The Labute approximate surface area is 124 Å². The third-order valence-electron chi connectivity index (χ3n) is 3.88. The maximum Gasteiger partial charge on any atom is 0.225 e. The van der Waals surface area contributed by atoms with Crippen LogP contribution in [0.3, 0.4) is 0 Å². The van der Waals surface area contributed by atoms with Gasteiger partial charge >= 0.3 is 0 Å². The van der Waals surface area contributed by atoms with E-state index in [9.17, 15) is 4.79 Å². The summed E-state index contributed by atoms with van der Waals surface area (Å²) in [6.45, 7) is 2.64. The number of aromatic nitrogens is 1. The number of carbonyl (C=O) groups is 1. The largest absolute Gasteiger partial charge is 0.384 e. The molecule has 108 valence electrons. The molecule has 3 rings (SSSR count). The SMILES string of the molecule is CC(NC(=O)C1CNc2ccccc2C1)c1ccccn1. The number of anilines is 1. The van der Waals surface area contributed by atoms with Crippen LogP contribution in [0.25, 0.3) is 0 Å². The van der Waals surface area contributed by atoms with Gasteiger partial charge in [0.25, 0.3) is 0 Å². The summed E-state index contributed by atoms with van der Waals surface area (Å²) in [6.07, 6.45) is 2.53. The van der Waals surface area contributed by atoms with Crippen molar-refractivity contribution in [1.29, 1.82) is 0 Å². The standard InChI is InChI=1S/C17H19N3O/c1-12(15-7-4-5-9-18-15)20-17(21)14-10-13-6-2-3-8-16(13)19-11-14/h2-9,12,14,19H,10-11H2,1H3,(H,20,21). The Bertz CT molecular complexity index is 627. The molecule has 0 fully saturated rings. The minimum Gasteiger partial charge on any atom is -0.384 e. The molecule has 0 aliphatic carbocycles. The molecule has 0 spiro atoms. The molecule has 21 heavy (non-hydrogen) atoms. The van der Waals surface area contributed by atoms with E-state index in [1.807, 2.05) is 37.3 Å². The third kappa shape index (κ3) is 3.05. The van der Waals surface area contributed by atoms with Crippen molar-refractivity contribution in [3.05, 3.63) is 59.9 Å². The predicted molar refractivity (Wildman–Crippen MR) is 82.9 cm³/mol. The molecule has 2 N–H and O–H groups in total. The van der Waals surface area contributed by atoms with Crippen LogP contribution in [0.1, 0.15) is 24.2 Å². The highest BCUT2D eigenvalue weighted by molar-refractivity contribution is 5.81. The number of carbonyl (C=O) groups excluding carboxylic acids is 1. The molecule has 1 aliphatic heterocycles. The molecule has 0 saturated heterocycles. The molecule has 0 radical (unpaired) electrons. The number of rotatable bonds is 3. The highest BCUT2D eigenvalue weighted by Gasteiger charge is 2.25. The van der Waals surface area contributed by atoms with Crippen molar-refractivity contribution in [2.45, 2.75) is 19.4 Å². The number of para-hydroxylation sites is 1. The molecule has 2 aromatic rings. The number of nitrogens with one attached hydrogen (secondary N) is 2. The number of hydrogen-bond donors (Lipinski definition) is 2. The van der Waals surface area contributed by atoms with Gasteiger partial charge in [-0.3, -0.25) is 9.78 Å². The minimum atomic E-state index is -0.0733. The Morgan fingerprint density at radius 1 is 1.29 bits per heavy atom. The van der Waals surface area contributed by atoms with E-state index >= 15 is 0 Å². The summed E-state index contributed by atoms with van der Waals surface area (Å²) in [5.41, 5.74) is 3.23. The Morgan fingerprint density at radius 2 is 2.10 bits per heavy atom. The van der Waals surface area contributed by atoms with Gasteiger partial charge in [-0.1, -0.05) is 24.3 Å². The van der Waals surface area contributed by atoms with E-state index < -0.39 is 0 Å². The zero-order chi connectivity index (χ0) is 14.7. The summed E-state index contributed by atoms with van der Waals surface area (Å²) >= 11 is 0. The van der Waals surface area contributed by atoms with Crippen LogP contribution < -0.4 is 10.6 Å². The maximum atomic E-state index is 12.4. The van der Waals surface area contributed by atoms with Crippen molar-refractivity contribution in [2.75, 3.05) is 11.9 Å².